The second kappa shape index (κ2) is 8.83. The summed E-state index contributed by atoms with van der Waals surface area (Å²) in [6.45, 7) is 8.33. The molecule has 2 fully saturated rings. The van der Waals surface area contributed by atoms with Crippen LogP contribution in [0.2, 0.25) is 0 Å². The number of ether oxygens (including phenoxy) is 1. The van der Waals surface area contributed by atoms with Gasteiger partial charge in [0, 0.05) is 54.6 Å². The van der Waals surface area contributed by atoms with Gasteiger partial charge in [-0.2, -0.15) is 0 Å². The lowest BCUT2D eigenvalue weighted by atomic mass is 9.90. The van der Waals surface area contributed by atoms with E-state index in [9.17, 15) is 9.59 Å². The number of para-hydroxylation sites is 1. The molecule has 0 radical (unpaired) electrons. The molecule has 0 aromatic heterocycles. The van der Waals surface area contributed by atoms with E-state index in [4.69, 9.17) is 4.74 Å². The van der Waals surface area contributed by atoms with Crippen molar-refractivity contribution in [2.75, 3.05) is 29.4 Å². The van der Waals surface area contributed by atoms with E-state index in [1.54, 1.807) is 4.90 Å². The van der Waals surface area contributed by atoms with E-state index < -0.39 is 5.72 Å². The molecule has 3 heterocycles. The topological polar surface area (TPSA) is 65.1 Å². The number of aryl methyl sites for hydroxylation is 1. The van der Waals surface area contributed by atoms with Gasteiger partial charge in [0.2, 0.25) is 0 Å². The Hall–Kier alpha value is -4.00. The number of hydrogen-bond acceptors (Lipinski definition) is 4. The van der Waals surface area contributed by atoms with Gasteiger partial charge in [-0.05, 0) is 68.8 Å². The quantitative estimate of drug-likeness (QED) is 0.547. The number of rotatable bonds is 3. The van der Waals surface area contributed by atoms with Crippen LogP contribution in [0.4, 0.5) is 16.2 Å². The first-order valence-corrected chi connectivity index (χ1v) is 12.9. The number of urea groups is 1. The molecule has 190 valence electrons. The van der Waals surface area contributed by atoms with Crippen molar-refractivity contribution < 1.29 is 14.3 Å². The van der Waals surface area contributed by atoms with Gasteiger partial charge in [-0.25, -0.2) is 4.79 Å². The van der Waals surface area contributed by atoms with Crippen molar-refractivity contribution in [3.05, 3.63) is 89.5 Å². The number of carbonyl (C=O) groups is 2. The zero-order valence-corrected chi connectivity index (χ0v) is 21.5. The summed E-state index contributed by atoms with van der Waals surface area (Å²) >= 11 is 0. The summed E-state index contributed by atoms with van der Waals surface area (Å²) in [5.41, 5.74) is 3.95. The third-order valence-electron chi connectivity index (χ3n) is 7.80. The minimum absolute atomic E-state index is 0.0134. The molecule has 2 bridgehead atoms. The van der Waals surface area contributed by atoms with Crippen LogP contribution in [0, 0.1) is 6.92 Å². The first-order valence-electron chi connectivity index (χ1n) is 12.9. The Bertz CT molecular complexity index is 1360. The smallest absolute Gasteiger partial charge is 0.325 e. The summed E-state index contributed by atoms with van der Waals surface area (Å²) < 4.78 is 6.35. The van der Waals surface area contributed by atoms with Crippen molar-refractivity contribution >= 4 is 23.3 Å². The minimum atomic E-state index is -0.811. The van der Waals surface area contributed by atoms with E-state index >= 15 is 0 Å². The van der Waals surface area contributed by atoms with E-state index in [2.05, 4.69) is 48.3 Å². The molecular formula is C30H32N4O3. The van der Waals surface area contributed by atoms with E-state index in [1.165, 1.54) is 11.3 Å². The van der Waals surface area contributed by atoms with Crippen LogP contribution in [0.1, 0.15) is 47.8 Å². The van der Waals surface area contributed by atoms with Gasteiger partial charge in [0.15, 0.2) is 5.72 Å². The van der Waals surface area contributed by atoms with Crippen LogP contribution in [0.3, 0.4) is 0 Å². The third-order valence-corrected chi connectivity index (χ3v) is 7.80. The molecule has 6 rings (SSSR count). The maximum Gasteiger partial charge on any atom is 0.325 e. The number of fused-ring (bicyclic) bond motifs is 4. The molecule has 3 aliphatic heterocycles. The average molecular weight is 497 g/mol. The molecule has 3 aromatic carbocycles. The second-order valence-electron chi connectivity index (χ2n) is 10.5. The highest BCUT2D eigenvalue weighted by Gasteiger charge is 2.49. The Balaban J connectivity index is 1.18. The van der Waals surface area contributed by atoms with E-state index in [0.29, 0.717) is 30.8 Å². The molecule has 2 saturated heterocycles. The van der Waals surface area contributed by atoms with Crippen molar-refractivity contribution in [1.29, 1.82) is 0 Å². The summed E-state index contributed by atoms with van der Waals surface area (Å²) in [6, 6.07) is 23.6. The molecular weight excluding hydrogens is 464 g/mol. The van der Waals surface area contributed by atoms with Gasteiger partial charge in [-0.1, -0.05) is 30.3 Å². The van der Waals surface area contributed by atoms with Crippen LogP contribution in [0.5, 0.6) is 5.75 Å². The highest BCUT2D eigenvalue weighted by molar-refractivity contribution is 5.97. The molecule has 0 saturated carbocycles. The number of hydrogen-bond donors (Lipinski definition) is 1. The lowest BCUT2D eigenvalue weighted by Gasteiger charge is -2.50. The highest BCUT2D eigenvalue weighted by atomic mass is 16.5. The number of anilines is 2. The zero-order valence-electron chi connectivity index (χ0n) is 21.5. The fourth-order valence-corrected chi connectivity index (χ4v) is 5.98. The maximum absolute atomic E-state index is 13.4. The summed E-state index contributed by atoms with van der Waals surface area (Å²) in [5, 5.41) is 3.12. The first-order chi connectivity index (χ1) is 17.8. The highest BCUT2D eigenvalue weighted by Crippen LogP contribution is 2.45. The predicted octanol–water partition coefficient (Wildman–Crippen LogP) is 5.12. The van der Waals surface area contributed by atoms with Crippen LogP contribution in [0.25, 0.3) is 0 Å². The number of benzene rings is 3. The average Bonchev–Trinajstić information content (AvgIpc) is 2.88. The van der Waals surface area contributed by atoms with Crippen molar-refractivity contribution in [2.24, 2.45) is 0 Å². The Labute approximate surface area is 217 Å². The van der Waals surface area contributed by atoms with Gasteiger partial charge < -0.3 is 19.9 Å². The van der Waals surface area contributed by atoms with Gasteiger partial charge >= 0.3 is 6.03 Å². The number of nitrogens with one attached hydrogen (secondary N) is 1. The summed E-state index contributed by atoms with van der Waals surface area (Å²) in [5.74, 6) is 0.802. The number of amides is 3. The van der Waals surface area contributed by atoms with Gasteiger partial charge in [0.05, 0.1) is 6.04 Å². The lowest BCUT2D eigenvalue weighted by Crippen LogP contribution is -2.65. The van der Waals surface area contributed by atoms with Gasteiger partial charge in [0.1, 0.15) is 5.75 Å². The Morgan fingerprint density at radius 2 is 1.78 bits per heavy atom. The van der Waals surface area contributed by atoms with Gasteiger partial charge in [0.25, 0.3) is 5.91 Å². The van der Waals surface area contributed by atoms with Crippen molar-refractivity contribution in [3.8, 4) is 5.75 Å². The molecule has 7 nitrogen and oxygen atoms in total. The molecule has 3 unspecified atom stereocenters. The predicted molar refractivity (Wildman–Crippen MR) is 144 cm³/mol. The van der Waals surface area contributed by atoms with Crippen molar-refractivity contribution in [2.45, 2.75) is 45.0 Å². The Kier molecular flexibility index (Phi) is 5.59. The van der Waals surface area contributed by atoms with Crippen LogP contribution < -0.4 is 19.9 Å². The molecule has 0 aliphatic carbocycles. The van der Waals surface area contributed by atoms with E-state index in [1.807, 2.05) is 60.4 Å². The molecule has 3 aliphatic rings. The Morgan fingerprint density at radius 1 is 1.00 bits per heavy atom. The molecule has 1 N–H and O–H groups in total. The monoisotopic (exact) mass is 496 g/mol. The number of piperazine rings is 1. The fourth-order valence-electron chi connectivity index (χ4n) is 5.98. The van der Waals surface area contributed by atoms with Crippen LogP contribution in [-0.4, -0.2) is 48.2 Å². The number of carbonyl (C=O) groups excluding carboxylic acids is 2. The summed E-state index contributed by atoms with van der Waals surface area (Å²) in [6.07, 6.45) is 0.638. The maximum atomic E-state index is 13.4. The van der Waals surface area contributed by atoms with Crippen LogP contribution in [0.15, 0.2) is 72.8 Å². The minimum Gasteiger partial charge on any atom is -0.467 e. The van der Waals surface area contributed by atoms with E-state index in [0.717, 1.165) is 17.9 Å². The molecule has 3 amide bonds. The largest absolute Gasteiger partial charge is 0.467 e. The zero-order chi connectivity index (χ0) is 25.7. The molecule has 7 heteroatoms. The lowest BCUT2D eigenvalue weighted by molar-refractivity contribution is 0.0379. The van der Waals surface area contributed by atoms with E-state index in [-0.39, 0.29) is 24.0 Å². The third kappa shape index (κ3) is 4.08. The normalized spacial score (nSPS) is 24.7. The standard InChI is InChI=1S/C30H32N4O3/c1-20-7-6-8-24(17-20)33-16-15-32(19-21(33)2)28(35)22-11-13-23(14-12-22)34-29(36)31-26-18-30(34,3)37-27-10-5-4-9-25(26)27/h4-14,17,21,26H,15-16,18-19H2,1-3H3,(H,31,36). The molecule has 37 heavy (non-hydrogen) atoms. The second-order valence-corrected chi connectivity index (χ2v) is 10.5. The van der Waals surface area contributed by atoms with Gasteiger partial charge in [-0.15, -0.1) is 0 Å². The number of nitrogens with zero attached hydrogens (tertiary/aromatic N) is 3. The van der Waals surface area contributed by atoms with Crippen molar-refractivity contribution in [1.82, 2.24) is 10.2 Å². The van der Waals surface area contributed by atoms with Crippen LogP contribution >= 0.6 is 0 Å². The molecule has 3 atom stereocenters. The fraction of sp³-hybridized carbons (Fsp3) is 0.333. The van der Waals surface area contributed by atoms with Gasteiger partial charge in [-0.3, -0.25) is 9.69 Å². The van der Waals surface area contributed by atoms with Crippen molar-refractivity contribution in [3.63, 3.8) is 0 Å². The van der Waals surface area contributed by atoms with Crippen LogP contribution in [-0.2, 0) is 0 Å². The first kappa shape index (κ1) is 23.4. The molecule has 3 aromatic rings. The summed E-state index contributed by atoms with van der Waals surface area (Å²) in [4.78, 5) is 32.5. The SMILES string of the molecule is Cc1cccc(N2CCN(C(=O)c3ccc(N4C(=O)NC5CC4(C)Oc4ccccc45)cc3)CC2C)c1. The Morgan fingerprint density at radius 3 is 2.54 bits per heavy atom. The molecule has 0 spiro atoms. The summed E-state index contributed by atoms with van der Waals surface area (Å²) in [7, 11) is 0.